The molecular weight excluding hydrogens is 254 g/mol. The van der Waals surface area contributed by atoms with E-state index in [2.05, 4.69) is 10.6 Å². The average Bonchev–Trinajstić information content (AvgIpc) is 2.38. The molecule has 1 rings (SSSR count). The number of rotatable bonds is 5. The highest BCUT2D eigenvalue weighted by Crippen LogP contribution is 2.20. The molecule has 0 radical (unpaired) electrons. The van der Waals surface area contributed by atoms with E-state index in [9.17, 15) is 9.59 Å². The van der Waals surface area contributed by atoms with E-state index in [4.69, 9.17) is 5.73 Å². The molecular formula is C15H23N3O2. The summed E-state index contributed by atoms with van der Waals surface area (Å²) in [6.07, 6.45) is 0. The summed E-state index contributed by atoms with van der Waals surface area (Å²) in [7, 11) is 0. The van der Waals surface area contributed by atoms with Crippen molar-refractivity contribution >= 4 is 17.5 Å². The number of nitrogens with two attached hydrogens (primary N) is 1. The molecule has 0 heterocycles. The van der Waals surface area contributed by atoms with Crippen LogP contribution in [-0.2, 0) is 9.59 Å². The molecule has 0 fully saturated rings. The van der Waals surface area contributed by atoms with E-state index in [1.807, 2.05) is 45.0 Å². The van der Waals surface area contributed by atoms with Gasteiger partial charge in [0.05, 0.1) is 11.5 Å². The highest BCUT2D eigenvalue weighted by molar-refractivity contribution is 5.88. The second-order valence-electron chi connectivity index (χ2n) is 5.59. The summed E-state index contributed by atoms with van der Waals surface area (Å²) in [6.45, 7) is 7.27. The smallest absolute Gasteiger partial charge is 0.227 e. The van der Waals surface area contributed by atoms with Crippen molar-refractivity contribution in [3.05, 3.63) is 29.8 Å². The SMILES string of the molecule is CC(=O)Nc1cccc(C(C)NC(=O)C(C)(C)CN)c1. The number of amides is 2. The van der Waals surface area contributed by atoms with Crippen LogP contribution >= 0.6 is 0 Å². The molecule has 0 saturated heterocycles. The maximum atomic E-state index is 12.1. The van der Waals surface area contributed by atoms with Crippen molar-refractivity contribution in [2.75, 3.05) is 11.9 Å². The van der Waals surface area contributed by atoms with E-state index in [1.54, 1.807) is 0 Å². The zero-order valence-corrected chi connectivity index (χ0v) is 12.5. The summed E-state index contributed by atoms with van der Waals surface area (Å²) in [5.74, 6) is -0.208. The van der Waals surface area contributed by atoms with Gasteiger partial charge in [-0.2, -0.15) is 0 Å². The Morgan fingerprint density at radius 3 is 2.55 bits per heavy atom. The summed E-state index contributed by atoms with van der Waals surface area (Å²) in [6, 6.07) is 7.26. The fraction of sp³-hybridized carbons (Fsp3) is 0.467. The van der Waals surface area contributed by atoms with Crippen LogP contribution in [0, 0.1) is 5.41 Å². The van der Waals surface area contributed by atoms with Gasteiger partial charge in [0, 0.05) is 19.2 Å². The molecule has 0 aliphatic carbocycles. The van der Waals surface area contributed by atoms with Gasteiger partial charge in [-0.05, 0) is 38.5 Å². The lowest BCUT2D eigenvalue weighted by Crippen LogP contribution is -2.42. The molecule has 1 atom stereocenters. The lowest BCUT2D eigenvalue weighted by Gasteiger charge is -2.24. The van der Waals surface area contributed by atoms with Crippen molar-refractivity contribution in [3.8, 4) is 0 Å². The van der Waals surface area contributed by atoms with E-state index in [0.717, 1.165) is 5.56 Å². The van der Waals surface area contributed by atoms with Gasteiger partial charge in [-0.15, -0.1) is 0 Å². The van der Waals surface area contributed by atoms with Crippen LogP contribution in [0.5, 0.6) is 0 Å². The van der Waals surface area contributed by atoms with Gasteiger partial charge in [-0.1, -0.05) is 12.1 Å². The molecule has 20 heavy (non-hydrogen) atoms. The Labute approximate surface area is 119 Å². The Hall–Kier alpha value is -1.88. The van der Waals surface area contributed by atoms with Crippen LogP contribution in [0.2, 0.25) is 0 Å². The third kappa shape index (κ3) is 4.35. The van der Waals surface area contributed by atoms with Gasteiger partial charge in [-0.3, -0.25) is 9.59 Å². The Morgan fingerprint density at radius 2 is 2.00 bits per heavy atom. The number of carbonyl (C=O) groups excluding carboxylic acids is 2. The molecule has 5 nitrogen and oxygen atoms in total. The van der Waals surface area contributed by atoms with Gasteiger partial charge in [0.25, 0.3) is 0 Å². The van der Waals surface area contributed by atoms with Gasteiger partial charge in [0.2, 0.25) is 11.8 Å². The van der Waals surface area contributed by atoms with E-state index in [1.165, 1.54) is 6.92 Å². The zero-order valence-electron chi connectivity index (χ0n) is 12.5. The molecule has 1 aromatic rings. The summed E-state index contributed by atoms with van der Waals surface area (Å²) < 4.78 is 0. The van der Waals surface area contributed by atoms with E-state index in [0.29, 0.717) is 5.69 Å². The molecule has 2 amide bonds. The van der Waals surface area contributed by atoms with Crippen LogP contribution < -0.4 is 16.4 Å². The first-order valence-corrected chi connectivity index (χ1v) is 6.65. The van der Waals surface area contributed by atoms with Crippen LogP contribution in [0.1, 0.15) is 39.3 Å². The van der Waals surface area contributed by atoms with Crippen molar-refractivity contribution in [2.24, 2.45) is 11.1 Å². The number of hydrogen-bond donors (Lipinski definition) is 3. The fourth-order valence-corrected chi connectivity index (χ4v) is 1.66. The Kier molecular flexibility index (Phi) is 5.27. The predicted octanol–water partition coefficient (Wildman–Crippen LogP) is 1.81. The molecule has 4 N–H and O–H groups in total. The van der Waals surface area contributed by atoms with Crippen LogP contribution in [0.25, 0.3) is 0 Å². The van der Waals surface area contributed by atoms with Gasteiger partial charge in [0.1, 0.15) is 0 Å². The molecule has 5 heteroatoms. The van der Waals surface area contributed by atoms with Gasteiger partial charge in [-0.25, -0.2) is 0 Å². The monoisotopic (exact) mass is 277 g/mol. The number of benzene rings is 1. The van der Waals surface area contributed by atoms with Gasteiger partial charge < -0.3 is 16.4 Å². The van der Waals surface area contributed by atoms with Crippen molar-refractivity contribution in [1.82, 2.24) is 5.32 Å². The number of carbonyl (C=O) groups is 2. The van der Waals surface area contributed by atoms with Crippen molar-refractivity contribution < 1.29 is 9.59 Å². The second kappa shape index (κ2) is 6.52. The molecule has 0 saturated carbocycles. The van der Waals surface area contributed by atoms with Crippen LogP contribution in [0.3, 0.4) is 0 Å². The van der Waals surface area contributed by atoms with Crippen LogP contribution in [0.15, 0.2) is 24.3 Å². The molecule has 1 unspecified atom stereocenters. The molecule has 0 aliphatic heterocycles. The van der Waals surface area contributed by atoms with E-state index in [-0.39, 0.29) is 24.4 Å². The minimum absolute atomic E-state index is 0.0857. The maximum Gasteiger partial charge on any atom is 0.227 e. The topological polar surface area (TPSA) is 84.2 Å². The number of nitrogens with one attached hydrogen (secondary N) is 2. The minimum atomic E-state index is -0.594. The van der Waals surface area contributed by atoms with Crippen molar-refractivity contribution in [1.29, 1.82) is 0 Å². The van der Waals surface area contributed by atoms with Crippen molar-refractivity contribution in [2.45, 2.75) is 33.7 Å². The predicted molar refractivity (Wildman–Crippen MR) is 80.1 cm³/mol. The van der Waals surface area contributed by atoms with Crippen LogP contribution in [0.4, 0.5) is 5.69 Å². The van der Waals surface area contributed by atoms with Gasteiger partial charge in [0.15, 0.2) is 0 Å². The summed E-state index contributed by atoms with van der Waals surface area (Å²) in [5.41, 5.74) is 6.64. The Morgan fingerprint density at radius 1 is 1.35 bits per heavy atom. The molecule has 0 aromatic heterocycles. The van der Waals surface area contributed by atoms with Crippen molar-refractivity contribution in [3.63, 3.8) is 0 Å². The highest BCUT2D eigenvalue weighted by Gasteiger charge is 2.27. The summed E-state index contributed by atoms with van der Waals surface area (Å²) >= 11 is 0. The third-order valence-electron chi connectivity index (χ3n) is 3.18. The zero-order chi connectivity index (χ0) is 15.3. The Bertz CT molecular complexity index is 498. The van der Waals surface area contributed by atoms with Crippen LogP contribution in [-0.4, -0.2) is 18.4 Å². The maximum absolute atomic E-state index is 12.1. The standard InChI is InChI=1S/C15H23N3O2/c1-10(17-14(20)15(3,4)9-16)12-6-5-7-13(8-12)18-11(2)19/h5-8,10H,9,16H2,1-4H3,(H,17,20)(H,18,19). The number of anilines is 1. The van der Waals surface area contributed by atoms with E-state index >= 15 is 0 Å². The van der Waals surface area contributed by atoms with Gasteiger partial charge >= 0.3 is 0 Å². The quantitative estimate of drug-likeness (QED) is 0.767. The lowest BCUT2D eigenvalue weighted by atomic mass is 9.92. The summed E-state index contributed by atoms with van der Waals surface area (Å²) in [4.78, 5) is 23.1. The molecule has 0 spiro atoms. The molecule has 110 valence electrons. The first kappa shape index (κ1) is 16.2. The third-order valence-corrected chi connectivity index (χ3v) is 3.18. The second-order valence-corrected chi connectivity index (χ2v) is 5.59. The Balaban J connectivity index is 2.80. The minimum Gasteiger partial charge on any atom is -0.349 e. The molecule has 1 aromatic carbocycles. The first-order valence-electron chi connectivity index (χ1n) is 6.65. The largest absolute Gasteiger partial charge is 0.349 e. The number of hydrogen-bond acceptors (Lipinski definition) is 3. The highest BCUT2D eigenvalue weighted by atomic mass is 16.2. The summed E-state index contributed by atoms with van der Waals surface area (Å²) in [5, 5.41) is 5.66. The molecule has 0 aliphatic rings. The average molecular weight is 277 g/mol. The molecule has 0 bridgehead atoms. The first-order chi connectivity index (χ1) is 9.26. The fourth-order valence-electron chi connectivity index (χ4n) is 1.66. The van der Waals surface area contributed by atoms with E-state index < -0.39 is 5.41 Å². The lowest BCUT2D eigenvalue weighted by molar-refractivity contribution is -0.129. The normalized spacial score (nSPS) is 12.7.